The van der Waals surface area contributed by atoms with E-state index in [1.807, 2.05) is 47.1 Å². The molecular weight excluding hydrogens is 302 g/mol. The lowest BCUT2D eigenvalue weighted by molar-refractivity contribution is -0.117. The molecule has 24 heavy (non-hydrogen) atoms. The SMILES string of the molecule is Cc1ccc(N2CC3(CCN(C(=O)c4ccc[nH]4)C3)CC2=O)cc1. The number of benzene rings is 1. The molecule has 2 aliphatic heterocycles. The molecule has 0 aliphatic carbocycles. The number of aryl methyl sites for hydroxylation is 1. The predicted molar refractivity (Wildman–Crippen MR) is 91.9 cm³/mol. The van der Waals surface area contributed by atoms with Crippen LogP contribution < -0.4 is 4.90 Å². The zero-order valence-corrected chi connectivity index (χ0v) is 13.8. The van der Waals surface area contributed by atoms with Crippen molar-refractivity contribution in [3.05, 3.63) is 53.9 Å². The van der Waals surface area contributed by atoms with Gasteiger partial charge in [-0.2, -0.15) is 0 Å². The molecule has 1 spiro atoms. The number of nitrogens with one attached hydrogen (secondary N) is 1. The van der Waals surface area contributed by atoms with Gasteiger partial charge in [0.25, 0.3) is 5.91 Å². The van der Waals surface area contributed by atoms with Crippen LogP contribution in [0.1, 0.15) is 28.9 Å². The first-order valence-corrected chi connectivity index (χ1v) is 8.36. The van der Waals surface area contributed by atoms with Crippen LogP contribution in [0.15, 0.2) is 42.6 Å². The Bertz CT molecular complexity index is 766. The van der Waals surface area contributed by atoms with Crippen LogP contribution in [0.25, 0.3) is 0 Å². The number of amides is 2. The molecule has 2 aromatic rings. The van der Waals surface area contributed by atoms with E-state index in [4.69, 9.17) is 0 Å². The Morgan fingerprint density at radius 3 is 2.67 bits per heavy atom. The largest absolute Gasteiger partial charge is 0.357 e. The van der Waals surface area contributed by atoms with E-state index in [1.54, 1.807) is 12.3 Å². The molecular formula is C19H21N3O2. The van der Waals surface area contributed by atoms with Crippen LogP contribution >= 0.6 is 0 Å². The van der Waals surface area contributed by atoms with Crippen molar-refractivity contribution in [3.63, 3.8) is 0 Å². The lowest BCUT2D eigenvalue weighted by atomic mass is 9.86. The van der Waals surface area contributed by atoms with Crippen molar-refractivity contribution in [1.29, 1.82) is 0 Å². The van der Waals surface area contributed by atoms with Crippen LogP contribution in [-0.4, -0.2) is 41.3 Å². The summed E-state index contributed by atoms with van der Waals surface area (Å²) in [5.41, 5.74) is 2.65. The fraction of sp³-hybridized carbons (Fsp3) is 0.368. The standard InChI is InChI=1S/C19H21N3O2/c1-14-4-6-15(7-5-14)22-13-19(11-17(22)23)8-10-21(12-19)18(24)16-3-2-9-20-16/h2-7,9,20H,8,10-13H2,1H3. The summed E-state index contributed by atoms with van der Waals surface area (Å²) in [4.78, 5) is 31.8. The number of hydrogen-bond acceptors (Lipinski definition) is 2. The number of aromatic amines is 1. The van der Waals surface area contributed by atoms with Crippen molar-refractivity contribution >= 4 is 17.5 Å². The number of rotatable bonds is 2. The highest BCUT2D eigenvalue weighted by molar-refractivity contribution is 5.97. The van der Waals surface area contributed by atoms with Gasteiger partial charge >= 0.3 is 0 Å². The number of carbonyl (C=O) groups excluding carboxylic acids is 2. The van der Waals surface area contributed by atoms with Crippen LogP contribution in [0.2, 0.25) is 0 Å². The smallest absolute Gasteiger partial charge is 0.270 e. The molecule has 1 aromatic heterocycles. The van der Waals surface area contributed by atoms with E-state index in [2.05, 4.69) is 4.98 Å². The molecule has 0 radical (unpaired) electrons. The third-order valence-electron chi connectivity index (χ3n) is 5.22. The molecule has 5 nitrogen and oxygen atoms in total. The summed E-state index contributed by atoms with van der Waals surface area (Å²) in [6.45, 7) is 4.10. The maximum Gasteiger partial charge on any atom is 0.270 e. The fourth-order valence-electron chi connectivity index (χ4n) is 3.87. The van der Waals surface area contributed by atoms with E-state index < -0.39 is 0 Å². The maximum absolute atomic E-state index is 12.5. The maximum atomic E-state index is 12.5. The van der Waals surface area contributed by atoms with Crippen molar-refractivity contribution in [2.45, 2.75) is 19.8 Å². The zero-order valence-electron chi connectivity index (χ0n) is 13.8. The lowest BCUT2D eigenvalue weighted by Crippen LogP contribution is -2.34. The lowest BCUT2D eigenvalue weighted by Gasteiger charge is -2.24. The summed E-state index contributed by atoms with van der Waals surface area (Å²) < 4.78 is 0. The fourth-order valence-corrected chi connectivity index (χ4v) is 3.87. The molecule has 0 bridgehead atoms. The molecule has 1 aromatic carbocycles. The van der Waals surface area contributed by atoms with Crippen molar-refractivity contribution in [3.8, 4) is 0 Å². The van der Waals surface area contributed by atoms with Gasteiger partial charge in [0, 0.05) is 43.4 Å². The summed E-state index contributed by atoms with van der Waals surface area (Å²) in [6.07, 6.45) is 3.17. The van der Waals surface area contributed by atoms with Crippen LogP contribution in [0.5, 0.6) is 0 Å². The monoisotopic (exact) mass is 323 g/mol. The number of nitrogens with zero attached hydrogens (tertiary/aromatic N) is 2. The summed E-state index contributed by atoms with van der Waals surface area (Å²) in [5, 5.41) is 0. The third-order valence-corrected chi connectivity index (χ3v) is 5.22. The van der Waals surface area contributed by atoms with Gasteiger partial charge < -0.3 is 14.8 Å². The van der Waals surface area contributed by atoms with Gasteiger partial charge in [-0.1, -0.05) is 17.7 Å². The van der Waals surface area contributed by atoms with E-state index in [9.17, 15) is 9.59 Å². The van der Waals surface area contributed by atoms with Crippen LogP contribution in [-0.2, 0) is 4.79 Å². The van der Waals surface area contributed by atoms with Crippen LogP contribution in [0.3, 0.4) is 0 Å². The van der Waals surface area contributed by atoms with Crippen LogP contribution in [0.4, 0.5) is 5.69 Å². The molecule has 2 fully saturated rings. The first-order chi connectivity index (χ1) is 11.6. The molecule has 124 valence electrons. The minimum absolute atomic E-state index is 0.0260. The number of likely N-dealkylation sites (tertiary alicyclic amines) is 1. The second-order valence-electron chi connectivity index (χ2n) is 7.05. The summed E-state index contributed by atoms with van der Waals surface area (Å²) in [7, 11) is 0. The number of hydrogen-bond donors (Lipinski definition) is 1. The molecule has 1 N–H and O–H groups in total. The number of anilines is 1. The normalized spacial score (nSPS) is 23.5. The van der Waals surface area contributed by atoms with Crippen LogP contribution in [0, 0.1) is 12.3 Å². The summed E-state index contributed by atoms with van der Waals surface area (Å²) in [5.74, 6) is 0.186. The molecule has 2 aliphatic rings. The topological polar surface area (TPSA) is 56.4 Å². The van der Waals surface area contributed by atoms with Gasteiger partial charge in [-0.25, -0.2) is 0 Å². The van der Waals surface area contributed by atoms with E-state index >= 15 is 0 Å². The number of aromatic nitrogens is 1. The van der Waals surface area contributed by atoms with Crippen molar-refractivity contribution in [2.24, 2.45) is 5.41 Å². The average Bonchev–Trinajstić information content (AvgIpc) is 3.29. The molecule has 3 heterocycles. The number of H-pyrrole nitrogens is 1. The number of carbonyl (C=O) groups is 2. The predicted octanol–water partition coefficient (Wildman–Crippen LogP) is 2.59. The zero-order chi connectivity index (χ0) is 16.7. The Morgan fingerprint density at radius 2 is 1.96 bits per heavy atom. The Hall–Kier alpha value is -2.56. The molecule has 1 unspecified atom stereocenters. The van der Waals surface area contributed by atoms with Gasteiger partial charge in [0.1, 0.15) is 5.69 Å². The molecule has 2 amide bonds. The van der Waals surface area contributed by atoms with Gasteiger partial charge in [-0.05, 0) is 37.6 Å². The Balaban J connectivity index is 1.50. The second-order valence-corrected chi connectivity index (χ2v) is 7.05. The minimum atomic E-state index is -0.107. The molecule has 0 saturated carbocycles. The molecule has 2 saturated heterocycles. The third kappa shape index (κ3) is 2.50. The van der Waals surface area contributed by atoms with E-state index in [0.717, 1.165) is 12.1 Å². The second kappa shape index (κ2) is 5.51. The van der Waals surface area contributed by atoms with E-state index in [1.165, 1.54) is 5.56 Å². The summed E-state index contributed by atoms with van der Waals surface area (Å²) in [6, 6.07) is 11.7. The van der Waals surface area contributed by atoms with E-state index in [0.29, 0.717) is 31.7 Å². The highest BCUT2D eigenvalue weighted by Crippen LogP contribution is 2.42. The highest BCUT2D eigenvalue weighted by Gasteiger charge is 2.48. The molecule has 5 heteroatoms. The Morgan fingerprint density at radius 1 is 1.17 bits per heavy atom. The van der Waals surface area contributed by atoms with Crippen molar-refractivity contribution in [2.75, 3.05) is 24.5 Å². The Labute approximate surface area is 141 Å². The highest BCUT2D eigenvalue weighted by atomic mass is 16.2. The van der Waals surface area contributed by atoms with E-state index in [-0.39, 0.29) is 17.2 Å². The van der Waals surface area contributed by atoms with Gasteiger partial charge in [-0.3, -0.25) is 9.59 Å². The van der Waals surface area contributed by atoms with Gasteiger partial charge in [0.2, 0.25) is 5.91 Å². The van der Waals surface area contributed by atoms with Gasteiger partial charge in [-0.15, -0.1) is 0 Å². The van der Waals surface area contributed by atoms with Crippen molar-refractivity contribution in [1.82, 2.24) is 9.88 Å². The molecule has 4 rings (SSSR count). The first kappa shape index (κ1) is 15.0. The van der Waals surface area contributed by atoms with Crippen molar-refractivity contribution < 1.29 is 9.59 Å². The van der Waals surface area contributed by atoms with Gasteiger partial charge in [0.05, 0.1) is 0 Å². The quantitative estimate of drug-likeness (QED) is 0.923. The molecule has 1 atom stereocenters. The average molecular weight is 323 g/mol. The minimum Gasteiger partial charge on any atom is -0.357 e. The van der Waals surface area contributed by atoms with Gasteiger partial charge in [0.15, 0.2) is 0 Å². The Kier molecular flexibility index (Phi) is 3.44. The summed E-state index contributed by atoms with van der Waals surface area (Å²) >= 11 is 0. The first-order valence-electron chi connectivity index (χ1n) is 8.36.